The van der Waals surface area contributed by atoms with Gasteiger partial charge in [-0.1, -0.05) is 12.1 Å². The summed E-state index contributed by atoms with van der Waals surface area (Å²) in [6.45, 7) is 4.19. The van der Waals surface area contributed by atoms with Gasteiger partial charge in [0.2, 0.25) is 0 Å². The first-order valence-electron chi connectivity index (χ1n) is 4.73. The molecule has 0 atom stereocenters. The van der Waals surface area contributed by atoms with Crippen molar-refractivity contribution in [2.75, 3.05) is 6.54 Å². The zero-order chi connectivity index (χ0) is 11.5. The van der Waals surface area contributed by atoms with Crippen molar-refractivity contribution in [3.63, 3.8) is 0 Å². The number of nitrogens with one attached hydrogen (secondary N) is 1. The minimum Gasteiger partial charge on any atom is -0.346 e. The SMILES string of the molecule is CC(C)(CN)NC(=O)c1ccccc1Br.Cl. The number of halogens is 2. The highest BCUT2D eigenvalue weighted by Crippen LogP contribution is 2.16. The Labute approximate surface area is 110 Å². The maximum absolute atomic E-state index is 11.8. The van der Waals surface area contributed by atoms with Gasteiger partial charge in [-0.2, -0.15) is 0 Å². The van der Waals surface area contributed by atoms with Crippen molar-refractivity contribution >= 4 is 34.2 Å². The van der Waals surface area contributed by atoms with Crippen LogP contribution >= 0.6 is 28.3 Å². The molecule has 3 N–H and O–H groups in total. The van der Waals surface area contributed by atoms with Gasteiger partial charge in [-0.05, 0) is 41.9 Å². The summed E-state index contributed by atoms with van der Waals surface area (Å²) in [6, 6.07) is 7.31. The lowest BCUT2D eigenvalue weighted by Crippen LogP contribution is -2.48. The number of carbonyl (C=O) groups is 1. The summed E-state index contributed by atoms with van der Waals surface area (Å²) >= 11 is 3.33. The van der Waals surface area contributed by atoms with E-state index in [1.165, 1.54) is 0 Å². The van der Waals surface area contributed by atoms with Gasteiger partial charge in [-0.25, -0.2) is 0 Å². The standard InChI is InChI=1S/C11H15BrN2O.ClH/c1-11(2,7-13)14-10(15)8-5-3-4-6-9(8)12;/h3-6H,7,13H2,1-2H3,(H,14,15);1H. The van der Waals surface area contributed by atoms with Crippen molar-refractivity contribution in [1.29, 1.82) is 0 Å². The van der Waals surface area contributed by atoms with E-state index in [9.17, 15) is 4.79 Å². The molecule has 0 unspecified atom stereocenters. The monoisotopic (exact) mass is 306 g/mol. The van der Waals surface area contributed by atoms with Gasteiger partial charge in [-0.3, -0.25) is 4.79 Å². The summed E-state index contributed by atoms with van der Waals surface area (Å²) in [6.07, 6.45) is 0. The lowest BCUT2D eigenvalue weighted by molar-refractivity contribution is 0.0915. The molecule has 1 amide bonds. The molecule has 1 aromatic rings. The van der Waals surface area contributed by atoms with Gasteiger partial charge in [0.15, 0.2) is 0 Å². The molecule has 0 aliphatic carbocycles. The van der Waals surface area contributed by atoms with E-state index >= 15 is 0 Å². The van der Waals surface area contributed by atoms with Crippen LogP contribution in [0, 0.1) is 0 Å². The number of benzene rings is 1. The molecule has 0 aliphatic heterocycles. The van der Waals surface area contributed by atoms with Crippen molar-refractivity contribution in [2.24, 2.45) is 5.73 Å². The number of hydrogen-bond acceptors (Lipinski definition) is 2. The van der Waals surface area contributed by atoms with Gasteiger partial charge in [0.1, 0.15) is 0 Å². The number of amides is 1. The van der Waals surface area contributed by atoms with Crippen LogP contribution in [0.5, 0.6) is 0 Å². The lowest BCUT2D eigenvalue weighted by Gasteiger charge is -2.24. The summed E-state index contributed by atoms with van der Waals surface area (Å²) < 4.78 is 0.787. The van der Waals surface area contributed by atoms with Crippen LogP contribution < -0.4 is 11.1 Å². The van der Waals surface area contributed by atoms with E-state index in [0.717, 1.165) is 4.47 Å². The zero-order valence-corrected chi connectivity index (χ0v) is 11.7. The second-order valence-corrected chi connectivity index (χ2v) is 4.88. The first-order chi connectivity index (χ1) is 6.96. The van der Waals surface area contributed by atoms with Crippen LogP contribution in [0.25, 0.3) is 0 Å². The van der Waals surface area contributed by atoms with Gasteiger partial charge >= 0.3 is 0 Å². The average Bonchev–Trinajstić information content (AvgIpc) is 2.17. The fourth-order valence-corrected chi connectivity index (χ4v) is 1.54. The second kappa shape index (κ2) is 6.23. The quantitative estimate of drug-likeness (QED) is 0.900. The molecular weight excluding hydrogens is 291 g/mol. The zero-order valence-electron chi connectivity index (χ0n) is 9.29. The van der Waals surface area contributed by atoms with Gasteiger partial charge < -0.3 is 11.1 Å². The van der Waals surface area contributed by atoms with Crippen LogP contribution in [-0.4, -0.2) is 18.0 Å². The average molecular weight is 308 g/mol. The Morgan fingerprint density at radius 3 is 2.50 bits per heavy atom. The molecule has 16 heavy (non-hydrogen) atoms. The van der Waals surface area contributed by atoms with E-state index in [1.807, 2.05) is 32.0 Å². The molecule has 0 saturated carbocycles. The summed E-state index contributed by atoms with van der Waals surface area (Å²) in [5, 5.41) is 2.87. The lowest BCUT2D eigenvalue weighted by atomic mass is 10.1. The van der Waals surface area contributed by atoms with Crippen molar-refractivity contribution in [1.82, 2.24) is 5.32 Å². The van der Waals surface area contributed by atoms with E-state index < -0.39 is 0 Å². The first-order valence-corrected chi connectivity index (χ1v) is 5.53. The van der Waals surface area contributed by atoms with E-state index in [2.05, 4.69) is 21.2 Å². The van der Waals surface area contributed by atoms with E-state index in [-0.39, 0.29) is 23.9 Å². The van der Waals surface area contributed by atoms with Crippen molar-refractivity contribution < 1.29 is 4.79 Å². The fourth-order valence-electron chi connectivity index (χ4n) is 1.07. The Morgan fingerprint density at radius 2 is 2.00 bits per heavy atom. The van der Waals surface area contributed by atoms with Crippen LogP contribution in [-0.2, 0) is 0 Å². The highest BCUT2D eigenvalue weighted by atomic mass is 79.9. The topological polar surface area (TPSA) is 55.1 Å². The van der Waals surface area contributed by atoms with E-state index in [4.69, 9.17) is 5.73 Å². The predicted octanol–water partition coefficient (Wildman–Crippen LogP) is 2.34. The second-order valence-electron chi connectivity index (χ2n) is 4.02. The van der Waals surface area contributed by atoms with E-state index in [0.29, 0.717) is 12.1 Å². The molecule has 3 nitrogen and oxygen atoms in total. The Bertz CT molecular complexity index is 369. The number of hydrogen-bond donors (Lipinski definition) is 2. The summed E-state index contributed by atoms with van der Waals surface area (Å²) in [5.41, 5.74) is 5.79. The van der Waals surface area contributed by atoms with Gasteiger partial charge in [-0.15, -0.1) is 12.4 Å². The molecule has 0 saturated heterocycles. The summed E-state index contributed by atoms with van der Waals surface area (Å²) in [7, 11) is 0. The molecule has 0 spiro atoms. The highest BCUT2D eigenvalue weighted by molar-refractivity contribution is 9.10. The maximum atomic E-state index is 11.8. The molecule has 1 rings (SSSR count). The molecule has 0 aromatic heterocycles. The molecule has 0 radical (unpaired) electrons. The number of carbonyl (C=O) groups excluding carboxylic acids is 1. The van der Waals surface area contributed by atoms with Crippen LogP contribution in [0.4, 0.5) is 0 Å². The minimum atomic E-state index is -0.383. The molecule has 0 fully saturated rings. The largest absolute Gasteiger partial charge is 0.346 e. The Morgan fingerprint density at radius 1 is 1.44 bits per heavy atom. The van der Waals surface area contributed by atoms with Crippen molar-refractivity contribution in [3.8, 4) is 0 Å². The van der Waals surface area contributed by atoms with Gasteiger partial charge in [0.05, 0.1) is 5.56 Å². The van der Waals surface area contributed by atoms with Crippen LogP contribution in [0.1, 0.15) is 24.2 Å². The molecule has 1 aromatic carbocycles. The molecular formula is C11H16BrClN2O. The number of nitrogens with two attached hydrogens (primary N) is 1. The molecule has 0 bridgehead atoms. The molecule has 90 valence electrons. The number of rotatable bonds is 3. The smallest absolute Gasteiger partial charge is 0.252 e. The third-order valence-electron chi connectivity index (χ3n) is 2.08. The van der Waals surface area contributed by atoms with E-state index in [1.54, 1.807) is 6.07 Å². The highest BCUT2D eigenvalue weighted by Gasteiger charge is 2.20. The minimum absolute atomic E-state index is 0. The Kier molecular flexibility index (Phi) is 6.00. The third kappa shape index (κ3) is 4.12. The van der Waals surface area contributed by atoms with Crippen molar-refractivity contribution in [3.05, 3.63) is 34.3 Å². The Balaban J connectivity index is 0.00000225. The Hall–Kier alpha value is -0.580. The van der Waals surface area contributed by atoms with Crippen molar-refractivity contribution in [2.45, 2.75) is 19.4 Å². The fraction of sp³-hybridized carbons (Fsp3) is 0.364. The summed E-state index contributed by atoms with van der Waals surface area (Å²) in [5.74, 6) is -0.113. The molecule has 0 heterocycles. The molecule has 0 aliphatic rings. The summed E-state index contributed by atoms with van der Waals surface area (Å²) in [4.78, 5) is 11.8. The first kappa shape index (κ1) is 15.4. The normalized spacial score (nSPS) is 10.5. The van der Waals surface area contributed by atoms with Crippen LogP contribution in [0.15, 0.2) is 28.7 Å². The third-order valence-corrected chi connectivity index (χ3v) is 2.77. The van der Waals surface area contributed by atoms with Crippen LogP contribution in [0.3, 0.4) is 0 Å². The molecule has 5 heteroatoms. The van der Waals surface area contributed by atoms with Gasteiger partial charge in [0, 0.05) is 16.6 Å². The van der Waals surface area contributed by atoms with Crippen LogP contribution in [0.2, 0.25) is 0 Å². The maximum Gasteiger partial charge on any atom is 0.252 e. The predicted molar refractivity (Wildman–Crippen MR) is 72.0 cm³/mol. The van der Waals surface area contributed by atoms with Gasteiger partial charge in [0.25, 0.3) is 5.91 Å².